The third kappa shape index (κ3) is 4.42. The Hall–Kier alpha value is -2.37. The number of ether oxygens (including phenoxy) is 1. The Labute approximate surface area is 154 Å². The van der Waals surface area contributed by atoms with Crippen molar-refractivity contribution in [2.45, 2.75) is 31.5 Å². The number of likely N-dealkylation sites (tertiary alicyclic amines) is 1. The Morgan fingerprint density at radius 3 is 2.65 bits per heavy atom. The third-order valence-electron chi connectivity index (χ3n) is 4.96. The number of carboxylic acids is 1. The highest BCUT2D eigenvalue weighted by Gasteiger charge is 2.33. The number of hydrogen-bond acceptors (Lipinski definition) is 4. The van der Waals surface area contributed by atoms with E-state index in [0.29, 0.717) is 6.54 Å². The SMILES string of the molecule is COc1ccccc1CN[C@@H]1CCCN(CC(=O)O)[C@@H]1c1ccccc1. The smallest absolute Gasteiger partial charge is 0.317 e. The lowest BCUT2D eigenvalue weighted by molar-refractivity contribution is -0.139. The summed E-state index contributed by atoms with van der Waals surface area (Å²) in [6, 6.07) is 18.4. The molecule has 138 valence electrons. The number of para-hydroxylation sites is 1. The number of benzene rings is 2. The van der Waals surface area contributed by atoms with Gasteiger partial charge in [-0.1, -0.05) is 48.5 Å². The van der Waals surface area contributed by atoms with Crippen molar-refractivity contribution in [3.8, 4) is 5.75 Å². The van der Waals surface area contributed by atoms with Gasteiger partial charge in [-0.05, 0) is 31.0 Å². The Kier molecular flexibility index (Phi) is 6.26. The lowest BCUT2D eigenvalue weighted by Crippen LogP contribution is -2.49. The van der Waals surface area contributed by atoms with Crippen molar-refractivity contribution in [2.75, 3.05) is 20.2 Å². The number of carbonyl (C=O) groups is 1. The number of carboxylic acid groups (broad SMARTS) is 1. The average molecular weight is 354 g/mol. The highest BCUT2D eigenvalue weighted by molar-refractivity contribution is 5.69. The first-order valence-corrected chi connectivity index (χ1v) is 9.05. The van der Waals surface area contributed by atoms with Crippen LogP contribution < -0.4 is 10.1 Å². The van der Waals surface area contributed by atoms with Gasteiger partial charge in [-0.3, -0.25) is 9.69 Å². The van der Waals surface area contributed by atoms with Gasteiger partial charge >= 0.3 is 5.97 Å². The molecule has 26 heavy (non-hydrogen) atoms. The standard InChI is InChI=1S/C21H26N2O3/c1-26-19-12-6-5-10-17(19)14-22-18-11-7-13-23(15-20(24)25)21(18)16-8-3-2-4-9-16/h2-6,8-10,12,18,21-22H,7,11,13-15H2,1H3,(H,24,25)/t18-,21-/m1/s1. The first kappa shape index (κ1) is 18.4. The van der Waals surface area contributed by atoms with Crippen molar-refractivity contribution in [3.05, 3.63) is 65.7 Å². The zero-order valence-electron chi connectivity index (χ0n) is 15.1. The maximum Gasteiger partial charge on any atom is 0.317 e. The number of methoxy groups -OCH3 is 1. The monoisotopic (exact) mass is 354 g/mol. The summed E-state index contributed by atoms with van der Waals surface area (Å²) in [5.74, 6) is 0.0887. The summed E-state index contributed by atoms with van der Waals surface area (Å²) in [4.78, 5) is 13.4. The summed E-state index contributed by atoms with van der Waals surface area (Å²) < 4.78 is 5.44. The molecule has 5 heteroatoms. The number of hydrogen-bond donors (Lipinski definition) is 2. The Morgan fingerprint density at radius 1 is 1.19 bits per heavy atom. The molecule has 0 bridgehead atoms. The van der Waals surface area contributed by atoms with Crippen LogP contribution in [0.1, 0.15) is 30.0 Å². The number of nitrogens with zero attached hydrogens (tertiary/aromatic N) is 1. The largest absolute Gasteiger partial charge is 0.496 e. The van der Waals surface area contributed by atoms with Crippen LogP contribution in [0, 0.1) is 0 Å². The zero-order valence-corrected chi connectivity index (χ0v) is 15.1. The molecule has 2 N–H and O–H groups in total. The molecule has 2 aromatic carbocycles. The van der Waals surface area contributed by atoms with Gasteiger partial charge in [0.05, 0.1) is 19.7 Å². The predicted octanol–water partition coefficient (Wildman–Crippen LogP) is 3.08. The first-order valence-electron chi connectivity index (χ1n) is 9.05. The van der Waals surface area contributed by atoms with Crippen LogP contribution in [-0.2, 0) is 11.3 Å². The van der Waals surface area contributed by atoms with E-state index in [2.05, 4.69) is 28.4 Å². The number of piperidine rings is 1. The summed E-state index contributed by atoms with van der Waals surface area (Å²) >= 11 is 0. The zero-order chi connectivity index (χ0) is 18.4. The predicted molar refractivity (Wildman–Crippen MR) is 101 cm³/mol. The third-order valence-corrected chi connectivity index (χ3v) is 4.96. The van der Waals surface area contributed by atoms with Crippen LogP contribution in [-0.4, -0.2) is 42.2 Å². The second-order valence-electron chi connectivity index (χ2n) is 6.66. The summed E-state index contributed by atoms with van der Waals surface area (Å²) in [6.07, 6.45) is 2.00. The van der Waals surface area contributed by atoms with E-state index in [9.17, 15) is 9.90 Å². The molecule has 1 heterocycles. The molecule has 0 aliphatic carbocycles. The summed E-state index contributed by atoms with van der Waals surface area (Å²) in [5, 5.41) is 13.0. The molecule has 0 aromatic heterocycles. The normalized spacial score (nSPS) is 20.7. The van der Waals surface area contributed by atoms with E-state index in [1.807, 2.05) is 36.4 Å². The number of rotatable bonds is 7. The molecule has 0 radical (unpaired) electrons. The minimum absolute atomic E-state index is 0.0516. The minimum atomic E-state index is -0.781. The second kappa shape index (κ2) is 8.83. The number of nitrogens with one attached hydrogen (secondary N) is 1. The lowest BCUT2D eigenvalue weighted by Gasteiger charge is -2.41. The van der Waals surface area contributed by atoms with Crippen LogP contribution in [0.3, 0.4) is 0 Å². The molecule has 2 atom stereocenters. The molecule has 0 unspecified atom stereocenters. The van der Waals surface area contributed by atoms with E-state index < -0.39 is 5.97 Å². The highest BCUT2D eigenvalue weighted by Crippen LogP contribution is 2.31. The second-order valence-corrected chi connectivity index (χ2v) is 6.66. The minimum Gasteiger partial charge on any atom is -0.496 e. The molecule has 3 rings (SSSR count). The van der Waals surface area contributed by atoms with Crippen LogP contribution in [0.5, 0.6) is 5.75 Å². The number of aliphatic carboxylic acids is 1. The molecule has 5 nitrogen and oxygen atoms in total. The first-order chi connectivity index (χ1) is 12.7. The maximum atomic E-state index is 11.3. The van der Waals surface area contributed by atoms with E-state index in [-0.39, 0.29) is 18.6 Å². The van der Waals surface area contributed by atoms with E-state index in [1.54, 1.807) is 7.11 Å². The van der Waals surface area contributed by atoms with Gasteiger partial charge in [-0.25, -0.2) is 0 Å². The van der Waals surface area contributed by atoms with Gasteiger partial charge in [0.25, 0.3) is 0 Å². The van der Waals surface area contributed by atoms with Crippen molar-refractivity contribution in [2.24, 2.45) is 0 Å². The van der Waals surface area contributed by atoms with Crippen molar-refractivity contribution in [1.29, 1.82) is 0 Å². The molecule has 0 saturated carbocycles. The quantitative estimate of drug-likeness (QED) is 0.800. The van der Waals surface area contributed by atoms with Crippen molar-refractivity contribution in [1.82, 2.24) is 10.2 Å². The van der Waals surface area contributed by atoms with Crippen molar-refractivity contribution >= 4 is 5.97 Å². The van der Waals surface area contributed by atoms with Crippen LogP contribution in [0.2, 0.25) is 0 Å². The summed E-state index contributed by atoms with van der Waals surface area (Å²) in [5.41, 5.74) is 2.27. The molecule has 0 spiro atoms. The molecule has 1 aliphatic heterocycles. The van der Waals surface area contributed by atoms with Gasteiger partial charge in [0.15, 0.2) is 0 Å². The van der Waals surface area contributed by atoms with Gasteiger partial charge in [-0.2, -0.15) is 0 Å². The topological polar surface area (TPSA) is 61.8 Å². The van der Waals surface area contributed by atoms with Gasteiger partial charge in [-0.15, -0.1) is 0 Å². The van der Waals surface area contributed by atoms with E-state index in [1.165, 1.54) is 0 Å². The van der Waals surface area contributed by atoms with Gasteiger partial charge in [0.1, 0.15) is 5.75 Å². The van der Waals surface area contributed by atoms with E-state index in [4.69, 9.17) is 4.74 Å². The fourth-order valence-electron chi connectivity index (χ4n) is 3.81. The Bertz CT molecular complexity index is 720. The van der Waals surface area contributed by atoms with Crippen LogP contribution in [0.25, 0.3) is 0 Å². The molecule has 1 aliphatic rings. The highest BCUT2D eigenvalue weighted by atomic mass is 16.5. The van der Waals surface area contributed by atoms with E-state index in [0.717, 1.165) is 36.3 Å². The fourth-order valence-corrected chi connectivity index (χ4v) is 3.81. The van der Waals surface area contributed by atoms with Crippen LogP contribution in [0.15, 0.2) is 54.6 Å². The average Bonchev–Trinajstić information content (AvgIpc) is 2.67. The van der Waals surface area contributed by atoms with Crippen LogP contribution in [0.4, 0.5) is 0 Å². The summed E-state index contributed by atoms with van der Waals surface area (Å²) in [6.45, 7) is 1.56. The maximum absolute atomic E-state index is 11.3. The lowest BCUT2D eigenvalue weighted by atomic mass is 9.90. The van der Waals surface area contributed by atoms with Crippen molar-refractivity contribution in [3.63, 3.8) is 0 Å². The van der Waals surface area contributed by atoms with Crippen LogP contribution >= 0.6 is 0 Å². The van der Waals surface area contributed by atoms with Gasteiger partial charge in [0.2, 0.25) is 0 Å². The molecular weight excluding hydrogens is 328 g/mol. The molecule has 2 aromatic rings. The Morgan fingerprint density at radius 2 is 1.92 bits per heavy atom. The van der Waals surface area contributed by atoms with Gasteiger partial charge < -0.3 is 15.2 Å². The molecular formula is C21H26N2O3. The fraction of sp³-hybridized carbons (Fsp3) is 0.381. The van der Waals surface area contributed by atoms with Gasteiger partial charge in [0, 0.05) is 18.2 Å². The Balaban J connectivity index is 1.79. The molecule has 0 amide bonds. The van der Waals surface area contributed by atoms with Crippen molar-refractivity contribution < 1.29 is 14.6 Å². The summed E-state index contributed by atoms with van der Waals surface area (Å²) in [7, 11) is 1.68. The molecule has 1 fully saturated rings. The molecule has 1 saturated heterocycles. The van der Waals surface area contributed by atoms with E-state index >= 15 is 0 Å².